The fourth-order valence-electron chi connectivity index (χ4n) is 3.05. The largest absolute Gasteiger partial charge is 0.423 e. The molecule has 0 saturated carbocycles. The number of nitrogens with one attached hydrogen (secondary N) is 1. The molecule has 29 heavy (non-hydrogen) atoms. The van der Waals surface area contributed by atoms with Crippen LogP contribution in [0.4, 0.5) is 5.69 Å². The van der Waals surface area contributed by atoms with E-state index in [0.29, 0.717) is 16.5 Å². The summed E-state index contributed by atoms with van der Waals surface area (Å²) in [5.41, 5.74) is 1.09. The van der Waals surface area contributed by atoms with Crippen molar-refractivity contribution in [2.75, 3.05) is 5.32 Å². The molecular formula is C24H16ClNO3. The molecule has 0 spiro atoms. The van der Waals surface area contributed by atoms with Gasteiger partial charge in [-0.15, -0.1) is 0 Å². The van der Waals surface area contributed by atoms with Crippen LogP contribution in [0.3, 0.4) is 0 Å². The second kappa shape index (κ2) is 8.17. The summed E-state index contributed by atoms with van der Waals surface area (Å²) < 4.78 is 5.39. The zero-order valence-electron chi connectivity index (χ0n) is 15.3. The van der Waals surface area contributed by atoms with Gasteiger partial charge in [0, 0.05) is 16.1 Å². The average molecular weight is 402 g/mol. The fraction of sp³-hybridized carbons (Fsp3) is 0. The molecule has 5 heteroatoms. The van der Waals surface area contributed by atoms with Crippen molar-refractivity contribution in [3.8, 4) is 5.75 Å². The van der Waals surface area contributed by atoms with Crippen LogP contribution in [-0.4, -0.2) is 11.9 Å². The number of hydrogen-bond donors (Lipinski definition) is 1. The minimum Gasteiger partial charge on any atom is -0.423 e. The van der Waals surface area contributed by atoms with E-state index in [4.69, 9.17) is 16.3 Å². The van der Waals surface area contributed by atoms with Crippen LogP contribution in [0.1, 0.15) is 20.7 Å². The minimum atomic E-state index is -0.615. The molecule has 0 atom stereocenters. The van der Waals surface area contributed by atoms with Crippen LogP contribution in [0.15, 0.2) is 91.0 Å². The standard InChI is InChI=1S/C24H16ClNO3/c25-17-12-14-18(15-13-17)29-24(28)21-10-4-3-9-20(21)23(27)26-22-11-5-7-16-6-1-2-8-19(16)22/h1-15H,(H,26,27). The van der Waals surface area contributed by atoms with Gasteiger partial charge in [-0.25, -0.2) is 4.79 Å². The van der Waals surface area contributed by atoms with E-state index in [1.54, 1.807) is 48.5 Å². The smallest absolute Gasteiger partial charge is 0.344 e. The summed E-state index contributed by atoms with van der Waals surface area (Å²) in [6.45, 7) is 0. The van der Waals surface area contributed by atoms with E-state index in [-0.39, 0.29) is 17.0 Å². The number of amides is 1. The highest BCUT2D eigenvalue weighted by Crippen LogP contribution is 2.24. The van der Waals surface area contributed by atoms with E-state index < -0.39 is 5.97 Å². The van der Waals surface area contributed by atoms with E-state index in [0.717, 1.165) is 10.8 Å². The van der Waals surface area contributed by atoms with Gasteiger partial charge in [0.05, 0.1) is 11.1 Å². The zero-order chi connectivity index (χ0) is 20.2. The minimum absolute atomic E-state index is 0.181. The van der Waals surface area contributed by atoms with Crippen molar-refractivity contribution >= 4 is 39.9 Å². The lowest BCUT2D eigenvalue weighted by molar-refractivity contribution is 0.0730. The second-order valence-electron chi connectivity index (χ2n) is 6.37. The van der Waals surface area contributed by atoms with Gasteiger partial charge in [0.25, 0.3) is 5.91 Å². The predicted molar refractivity (Wildman–Crippen MR) is 115 cm³/mol. The van der Waals surface area contributed by atoms with Crippen molar-refractivity contribution in [1.82, 2.24) is 0 Å². The first-order valence-corrected chi connectivity index (χ1v) is 9.35. The molecule has 0 aliphatic rings. The first-order chi connectivity index (χ1) is 14.1. The molecule has 0 saturated heterocycles. The Morgan fingerprint density at radius 1 is 0.724 bits per heavy atom. The van der Waals surface area contributed by atoms with Gasteiger partial charge in [-0.1, -0.05) is 60.1 Å². The summed E-state index contributed by atoms with van der Waals surface area (Å²) in [6.07, 6.45) is 0. The summed E-state index contributed by atoms with van der Waals surface area (Å²) in [5, 5.41) is 5.38. The molecule has 4 aromatic rings. The number of hydrogen-bond acceptors (Lipinski definition) is 3. The molecule has 0 bridgehead atoms. The van der Waals surface area contributed by atoms with Crippen LogP contribution in [0.25, 0.3) is 10.8 Å². The third kappa shape index (κ3) is 4.13. The monoisotopic (exact) mass is 401 g/mol. The topological polar surface area (TPSA) is 55.4 Å². The van der Waals surface area contributed by atoms with E-state index in [2.05, 4.69) is 5.32 Å². The highest BCUT2D eigenvalue weighted by Gasteiger charge is 2.19. The van der Waals surface area contributed by atoms with Crippen LogP contribution < -0.4 is 10.1 Å². The predicted octanol–water partition coefficient (Wildman–Crippen LogP) is 5.96. The van der Waals surface area contributed by atoms with Crippen molar-refractivity contribution in [3.63, 3.8) is 0 Å². The number of anilines is 1. The Morgan fingerprint density at radius 2 is 1.38 bits per heavy atom. The lowest BCUT2D eigenvalue weighted by Gasteiger charge is -2.12. The Kier molecular flexibility index (Phi) is 5.27. The average Bonchev–Trinajstić information content (AvgIpc) is 2.75. The molecule has 1 amide bonds. The van der Waals surface area contributed by atoms with Gasteiger partial charge < -0.3 is 10.1 Å². The zero-order valence-corrected chi connectivity index (χ0v) is 16.0. The van der Waals surface area contributed by atoms with Crippen molar-refractivity contribution in [2.24, 2.45) is 0 Å². The summed E-state index contributed by atoms with van der Waals surface area (Å²) in [5.74, 6) is -0.648. The molecule has 0 aliphatic carbocycles. The number of fused-ring (bicyclic) bond motifs is 1. The van der Waals surface area contributed by atoms with E-state index in [1.165, 1.54) is 0 Å². The Balaban J connectivity index is 1.61. The number of benzene rings is 4. The van der Waals surface area contributed by atoms with Crippen LogP contribution >= 0.6 is 11.6 Å². The summed E-state index contributed by atoms with van der Waals surface area (Å²) in [4.78, 5) is 25.6. The van der Waals surface area contributed by atoms with Gasteiger partial charge in [0.1, 0.15) is 5.75 Å². The number of rotatable bonds is 4. The summed E-state index contributed by atoms with van der Waals surface area (Å²) in [6, 6.07) is 26.4. The van der Waals surface area contributed by atoms with Crippen LogP contribution in [-0.2, 0) is 0 Å². The highest BCUT2D eigenvalue weighted by atomic mass is 35.5. The van der Waals surface area contributed by atoms with Gasteiger partial charge >= 0.3 is 5.97 Å². The van der Waals surface area contributed by atoms with Gasteiger partial charge in [-0.3, -0.25) is 4.79 Å². The molecule has 0 aliphatic heterocycles. The highest BCUT2D eigenvalue weighted by molar-refractivity contribution is 6.30. The van der Waals surface area contributed by atoms with Crippen LogP contribution in [0, 0.1) is 0 Å². The molecule has 0 heterocycles. The Hall–Kier alpha value is -3.63. The maximum absolute atomic E-state index is 12.9. The third-order valence-corrected chi connectivity index (χ3v) is 4.71. The molecule has 4 rings (SSSR count). The Bertz CT molecular complexity index is 1200. The van der Waals surface area contributed by atoms with E-state index >= 15 is 0 Å². The number of esters is 1. The summed E-state index contributed by atoms with van der Waals surface area (Å²) in [7, 11) is 0. The third-order valence-electron chi connectivity index (χ3n) is 4.45. The van der Waals surface area contributed by atoms with Gasteiger partial charge in [-0.05, 0) is 47.9 Å². The Morgan fingerprint density at radius 3 is 2.17 bits per heavy atom. The Labute approximate surface area is 172 Å². The van der Waals surface area contributed by atoms with Crippen molar-refractivity contribution in [2.45, 2.75) is 0 Å². The van der Waals surface area contributed by atoms with Gasteiger partial charge in [-0.2, -0.15) is 0 Å². The number of halogens is 1. The molecule has 4 nitrogen and oxygen atoms in total. The molecule has 0 aromatic heterocycles. The first-order valence-electron chi connectivity index (χ1n) is 8.98. The molecule has 0 fully saturated rings. The SMILES string of the molecule is O=C(Nc1cccc2ccccc12)c1ccccc1C(=O)Oc1ccc(Cl)cc1. The molecule has 1 N–H and O–H groups in total. The fourth-order valence-corrected chi connectivity index (χ4v) is 3.17. The first kappa shape index (κ1) is 18.7. The lowest BCUT2D eigenvalue weighted by atomic mass is 10.1. The number of carbonyl (C=O) groups is 2. The van der Waals surface area contributed by atoms with Crippen LogP contribution in [0.5, 0.6) is 5.75 Å². The number of carbonyl (C=O) groups excluding carboxylic acids is 2. The molecule has 4 aromatic carbocycles. The normalized spacial score (nSPS) is 10.5. The van der Waals surface area contributed by atoms with Gasteiger partial charge in [0.15, 0.2) is 0 Å². The molecule has 142 valence electrons. The van der Waals surface area contributed by atoms with Gasteiger partial charge in [0.2, 0.25) is 0 Å². The molecule has 0 unspecified atom stereocenters. The number of ether oxygens (including phenoxy) is 1. The van der Waals surface area contributed by atoms with Crippen molar-refractivity contribution < 1.29 is 14.3 Å². The summed E-state index contributed by atoms with van der Waals surface area (Å²) >= 11 is 5.86. The van der Waals surface area contributed by atoms with E-state index in [9.17, 15) is 9.59 Å². The van der Waals surface area contributed by atoms with Crippen LogP contribution in [0.2, 0.25) is 5.02 Å². The lowest BCUT2D eigenvalue weighted by Crippen LogP contribution is -2.19. The second-order valence-corrected chi connectivity index (χ2v) is 6.81. The maximum Gasteiger partial charge on any atom is 0.344 e. The quantitative estimate of drug-likeness (QED) is 0.339. The van der Waals surface area contributed by atoms with E-state index in [1.807, 2.05) is 42.5 Å². The molecular weight excluding hydrogens is 386 g/mol. The van der Waals surface area contributed by atoms with Crippen molar-refractivity contribution in [3.05, 3.63) is 107 Å². The van der Waals surface area contributed by atoms with Crippen molar-refractivity contribution in [1.29, 1.82) is 0 Å². The maximum atomic E-state index is 12.9. The molecule has 0 radical (unpaired) electrons.